The number of hydrogen-bond donors (Lipinski definition) is 2. The van der Waals surface area contributed by atoms with Gasteiger partial charge in [-0.3, -0.25) is 14.4 Å². The Bertz CT molecular complexity index is 889. The monoisotopic (exact) mass is 374 g/mol. The molecule has 1 amide bonds. The Balaban J connectivity index is 2.00. The van der Waals surface area contributed by atoms with Crippen molar-refractivity contribution in [2.24, 2.45) is 11.7 Å². The number of aromatic amines is 1. The molecule has 0 aliphatic rings. The van der Waals surface area contributed by atoms with Crippen LogP contribution in [0.25, 0.3) is 10.9 Å². The van der Waals surface area contributed by atoms with E-state index in [1.54, 1.807) is 13.0 Å². The molecule has 2 rings (SSSR count). The summed E-state index contributed by atoms with van der Waals surface area (Å²) in [5, 5.41) is 0.831. The lowest BCUT2D eigenvalue weighted by Gasteiger charge is -2.14. The molecule has 8 heteroatoms. The second-order valence-corrected chi connectivity index (χ2v) is 6.10. The number of nitrogens with two attached hydrogens (primary N) is 1. The van der Waals surface area contributed by atoms with E-state index in [2.05, 4.69) is 4.98 Å². The van der Waals surface area contributed by atoms with Crippen LogP contribution in [-0.2, 0) is 25.5 Å². The number of ether oxygens (including phenoxy) is 2. The number of carbonyl (C=O) groups excluding carboxylic acids is 3. The average Bonchev–Trinajstić information content (AvgIpc) is 2.62. The number of primary amides is 1. The zero-order valence-electron chi connectivity index (χ0n) is 15.0. The van der Waals surface area contributed by atoms with E-state index >= 15 is 0 Å². The molecule has 8 nitrogen and oxygen atoms in total. The Hall–Kier alpha value is -3.16. The fourth-order valence-electron chi connectivity index (χ4n) is 2.70. The Kier molecular flexibility index (Phi) is 7.10. The molecule has 1 atom stereocenters. The Morgan fingerprint density at radius 1 is 1.22 bits per heavy atom. The largest absolute Gasteiger partial charge is 0.516 e. The van der Waals surface area contributed by atoms with Crippen LogP contribution in [0.2, 0.25) is 0 Å². The predicted molar refractivity (Wildman–Crippen MR) is 97.9 cm³/mol. The smallest absolute Gasteiger partial charge is 0.434 e. The standard InChI is InChI=1S/C19H22N2O6/c1-2-12(18(24)27-19(25)26-9-5-8-16(20)22)10-13-11-17(23)21-15-7-4-3-6-14(13)15/h3-4,6-7,11-12H,2,5,8-10H2,1H3,(H2,20,22)(H,21,23). The highest BCUT2D eigenvalue weighted by atomic mass is 16.7. The first kappa shape index (κ1) is 20.2. The van der Waals surface area contributed by atoms with E-state index in [-0.39, 0.29) is 31.4 Å². The Morgan fingerprint density at radius 2 is 1.96 bits per heavy atom. The van der Waals surface area contributed by atoms with Gasteiger partial charge in [0.15, 0.2) is 0 Å². The van der Waals surface area contributed by atoms with Crippen LogP contribution in [0, 0.1) is 5.92 Å². The zero-order chi connectivity index (χ0) is 19.8. The van der Waals surface area contributed by atoms with Gasteiger partial charge in [-0.25, -0.2) is 4.79 Å². The summed E-state index contributed by atoms with van der Waals surface area (Å²) in [6.45, 7) is 1.73. The van der Waals surface area contributed by atoms with Crippen molar-refractivity contribution in [2.45, 2.75) is 32.6 Å². The molecule has 1 unspecified atom stereocenters. The molecule has 0 radical (unpaired) electrons. The normalized spacial score (nSPS) is 11.7. The summed E-state index contributed by atoms with van der Waals surface area (Å²) in [5.74, 6) is -1.82. The lowest BCUT2D eigenvalue weighted by Crippen LogP contribution is -2.24. The maximum Gasteiger partial charge on any atom is 0.516 e. The summed E-state index contributed by atoms with van der Waals surface area (Å²) in [6.07, 6.45) is -0.0918. The average molecular weight is 374 g/mol. The van der Waals surface area contributed by atoms with E-state index in [0.29, 0.717) is 17.5 Å². The fourth-order valence-corrected chi connectivity index (χ4v) is 2.70. The van der Waals surface area contributed by atoms with Gasteiger partial charge >= 0.3 is 12.1 Å². The van der Waals surface area contributed by atoms with Crippen LogP contribution in [-0.4, -0.2) is 29.6 Å². The second kappa shape index (κ2) is 9.51. The molecule has 0 fully saturated rings. The van der Waals surface area contributed by atoms with Crippen LogP contribution in [0.15, 0.2) is 35.1 Å². The van der Waals surface area contributed by atoms with Gasteiger partial charge in [-0.1, -0.05) is 25.1 Å². The molecule has 2 aromatic rings. The van der Waals surface area contributed by atoms with Gasteiger partial charge in [0.25, 0.3) is 0 Å². The number of fused-ring (bicyclic) bond motifs is 1. The SMILES string of the molecule is CCC(Cc1cc(=O)[nH]c2ccccc12)C(=O)OC(=O)OCCCC(N)=O. The van der Waals surface area contributed by atoms with Gasteiger partial charge in [-0.05, 0) is 30.9 Å². The molecule has 1 heterocycles. The van der Waals surface area contributed by atoms with E-state index in [1.165, 1.54) is 6.07 Å². The van der Waals surface area contributed by atoms with Crippen LogP contribution in [0.3, 0.4) is 0 Å². The molecule has 0 aliphatic carbocycles. The maximum absolute atomic E-state index is 12.3. The van der Waals surface area contributed by atoms with Crippen molar-refractivity contribution < 1.29 is 23.9 Å². The second-order valence-electron chi connectivity index (χ2n) is 6.10. The van der Waals surface area contributed by atoms with E-state index in [1.807, 2.05) is 18.2 Å². The number of H-pyrrole nitrogens is 1. The lowest BCUT2D eigenvalue weighted by atomic mass is 9.95. The number of nitrogens with one attached hydrogen (secondary N) is 1. The number of carbonyl (C=O) groups is 3. The minimum Gasteiger partial charge on any atom is -0.434 e. The highest BCUT2D eigenvalue weighted by Gasteiger charge is 2.23. The van der Waals surface area contributed by atoms with Crippen LogP contribution >= 0.6 is 0 Å². The highest BCUT2D eigenvalue weighted by Crippen LogP contribution is 2.20. The quantitative estimate of drug-likeness (QED) is 0.413. The molecular formula is C19H22N2O6. The third kappa shape index (κ3) is 5.95. The van der Waals surface area contributed by atoms with Crippen LogP contribution < -0.4 is 11.3 Å². The first-order valence-corrected chi connectivity index (χ1v) is 8.68. The Morgan fingerprint density at radius 3 is 2.67 bits per heavy atom. The van der Waals surface area contributed by atoms with E-state index in [0.717, 1.165) is 5.39 Å². The summed E-state index contributed by atoms with van der Waals surface area (Å²) in [4.78, 5) is 49.1. The molecule has 0 saturated carbocycles. The van der Waals surface area contributed by atoms with Gasteiger partial charge in [-0.15, -0.1) is 0 Å². The third-order valence-electron chi connectivity index (χ3n) is 4.10. The lowest BCUT2D eigenvalue weighted by molar-refractivity contribution is -0.144. The third-order valence-corrected chi connectivity index (χ3v) is 4.10. The number of esters is 1. The molecule has 144 valence electrons. The fraction of sp³-hybridized carbons (Fsp3) is 0.368. The van der Waals surface area contributed by atoms with Crippen LogP contribution in [0.1, 0.15) is 31.7 Å². The minimum atomic E-state index is -1.11. The summed E-state index contributed by atoms with van der Waals surface area (Å²) in [6, 6.07) is 8.73. The Labute approximate surface area is 155 Å². The topological polar surface area (TPSA) is 129 Å². The highest BCUT2D eigenvalue weighted by molar-refractivity contribution is 5.85. The zero-order valence-corrected chi connectivity index (χ0v) is 15.0. The van der Waals surface area contributed by atoms with Gasteiger partial charge in [0.1, 0.15) is 0 Å². The number of rotatable bonds is 8. The number of pyridine rings is 1. The summed E-state index contributed by atoms with van der Waals surface area (Å²) >= 11 is 0. The van der Waals surface area contributed by atoms with Crippen LogP contribution in [0.4, 0.5) is 4.79 Å². The van der Waals surface area contributed by atoms with Gasteiger partial charge in [0.2, 0.25) is 11.5 Å². The number of amides is 1. The molecular weight excluding hydrogens is 352 g/mol. The van der Waals surface area contributed by atoms with Gasteiger partial charge in [-0.2, -0.15) is 0 Å². The molecule has 1 aromatic heterocycles. The first-order chi connectivity index (χ1) is 12.9. The number of hydrogen-bond acceptors (Lipinski definition) is 6. The minimum absolute atomic E-state index is 0.0649. The number of aromatic nitrogens is 1. The van der Waals surface area contributed by atoms with E-state index in [9.17, 15) is 19.2 Å². The van der Waals surface area contributed by atoms with Gasteiger partial charge in [0, 0.05) is 23.4 Å². The van der Waals surface area contributed by atoms with E-state index < -0.39 is 23.9 Å². The van der Waals surface area contributed by atoms with E-state index in [4.69, 9.17) is 15.2 Å². The molecule has 0 spiro atoms. The van der Waals surface area contributed by atoms with Crippen molar-refractivity contribution in [3.8, 4) is 0 Å². The molecule has 1 aromatic carbocycles. The summed E-state index contributed by atoms with van der Waals surface area (Å²) < 4.78 is 9.48. The first-order valence-electron chi connectivity index (χ1n) is 8.68. The maximum atomic E-state index is 12.3. The van der Waals surface area contributed by atoms with Crippen molar-refractivity contribution in [2.75, 3.05) is 6.61 Å². The molecule has 3 N–H and O–H groups in total. The van der Waals surface area contributed by atoms with Gasteiger partial charge < -0.3 is 20.2 Å². The number of para-hydroxylation sites is 1. The molecule has 0 bridgehead atoms. The predicted octanol–water partition coefficient (Wildman–Crippen LogP) is 2.04. The van der Waals surface area contributed by atoms with Crippen molar-refractivity contribution >= 4 is 28.9 Å². The summed E-state index contributed by atoms with van der Waals surface area (Å²) in [5.41, 5.74) is 6.10. The molecule has 0 aliphatic heterocycles. The van der Waals surface area contributed by atoms with Crippen LogP contribution in [0.5, 0.6) is 0 Å². The number of benzene rings is 1. The molecule has 27 heavy (non-hydrogen) atoms. The molecule has 0 saturated heterocycles. The van der Waals surface area contributed by atoms with Gasteiger partial charge in [0.05, 0.1) is 12.5 Å². The van der Waals surface area contributed by atoms with Crippen molar-refractivity contribution in [3.05, 3.63) is 46.2 Å². The van der Waals surface area contributed by atoms with Crippen molar-refractivity contribution in [1.82, 2.24) is 4.98 Å². The van der Waals surface area contributed by atoms with Crippen molar-refractivity contribution in [1.29, 1.82) is 0 Å². The summed E-state index contributed by atoms with van der Waals surface area (Å²) in [7, 11) is 0. The van der Waals surface area contributed by atoms with Crippen molar-refractivity contribution in [3.63, 3.8) is 0 Å².